The van der Waals surface area contributed by atoms with Gasteiger partial charge in [-0.25, -0.2) is 4.79 Å². The Balaban J connectivity index is 1.47. The van der Waals surface area contributed by atoms with Crippen molar-refractivity contribution in [3.8, 4) is 11.5 Å². The normalized spacial score (nSPS) is 22.8. The second-order valence-electron chi connectivity index (χ2n) is 6.62. The van der Waals surface area contributed by atoms with Crippen LogP contribution in [-0.4, -0.2) is 31.8 Å². The van der Waals surface area contributed by atoms with Crippen LogP contribution < -0.4 is 20.1 Å². The zero-order valence-electron chi connectivity index (χ0n) is 14.1. The molecule has 1 aliphatic carbocycles. The summed E-state index contributed by atoms with van der Waals surface area (Å²) < 4.78 is 11.1. The van der Waals surface area contributed by atoms with Crippen LogP contribution in [0.2, 0.25) is 5.02 Å². The van der Waals surface area contributed by atoms with E-state index >= 15 is 0 Å². The van der Waals surface area contributed by atoms with Gasteiger partial charge in [0, 0.05) is 12.6 Å². The van der Waals surface area contributed by atoms with Crippen molar-refractivity contribution >= 4 is 17.6 Å². The van der Waals surface area contributed by atoms with E-state index < -0.39 is 0 Å². The van der Waals surface area contributed by atoms with Crippen molar-refractivity contribution in [2.24, 2.45) is 5.92 Å². The van der Waals surface area contributed by atoms with Crippen molar-refractivity contribution in [3.05, 3.63) is 22.7 Å². The number of hydrogen-bond acceptors (Lipinski definition) is 3. The molecule has 2 N–H and O–H groups in total. The summed E-state index contributed by atoms with van der Waals surface area (Å²) >= 11 is 6.23. The Morgan fingerprint density at radius 3 is 2.88 bits per heavy atom. The first-order valence-electron chi connectivity index (χ1n) is 8.76. The van der Waals surface area contributed by atoms with Gasteiger partial charge in [0.15, 0.2) is 11.5 Å². The zero-order chi connectivity index (χ0) is 16.9. The fourth-order valence-electron chi connectivity index (χ4n) is 3.38. The van der Waals surface area contributed by atoms with Crippen LogP contribution in [0.3, 0.4) is 0 Å². The molecule has 2 atom stereocenters. The molecule has 132 valence electrons. The van der Waals surface area contributed by atoms with E-state index in [1.54, 1.807) is 0 Å². The van der Waals surface area contributed by atoms with Gasteiger partial charge in [0.2, 0.25) is 0 Å². The van der Waals surface area contributed by atoms with Crippen molar-refractivity contribution in [2.45, 2.75) is 45.1 Å². The topological polar surface area (TPSA) is 59.6 Å². The third-order valence-electron chi connectivity index (χ3n) is 4.78. The van der Waals surface area contributed by atoms with Gasteiger partial charge in [-0.15, -0.1) is 0 Å². The second kappa shape index (κ2) is 7.97. The molecule has 24 heavy (non-hydrogen) atoms. The molecule has 2 amide bonds. The number of fused-ring (bicyclic) bond motifs is 1. The molecule has 0 spiro atoms. The van der Waals surface area contributed by atoms with Gasteiger partial charge in [0.25, 0.3) is 0 Å². The van der Waals surface area contributed by atoms with Gasteiger partial charge in [-0.1, -0.05) is 31.4 Å². The summed E-state index contributed by atoms with van der Waals surface area (Å²) in [5.41, 5.74) is 1.02. The number of urea groups is 1. The maximum Gasteiger partial charge on any atom is 0.315 e. The first-order valence-corrected chi connectivity index (χ1v) is 9.13. The molecule has 1 aromatic rings. The lowest BCUT2D eigenvalue weighted by atomic mass is 9.86. The fourth-order valence-corrected chi connectivity index (χ4v) is 3.67. The summed E-state index contributed by atoms with van der Waals surface area (Å²) in [6.45, 7) is 3.82. The number of amides is 2. The Kier molecular flexibility index (Phi) is 5.72. The van der Waals surface area contributed by atoms with Crippen molar-refractivity contribution in [2.75, 3.05) is 19.8 Å². The Bertz CT molecular complexity index is 594. The van der Waals surface area contributed by atoms with Crippen molar-refractivity contribution in [3.63, 3.8) is 0 Å². The van der Waals surface area contributed by atoms with Crippen molar-refractivity contribution < 1.29 is 14.3 Å². The first-order chi connectivity index (χ1) is 11.6. The van der Waals surface area contributed by atoms with Crippen LogP contribution in [0.4, 0.5) is 4.79 Å². The Hall–Kier alpha value is -1.62. The summed E-state index contributed by atoms with van der Waals surface area (Å²) in [7, 11) is 0. The van der Waals surface area contributed by atoms with Crippen LogP contribution in [0.5, 0.6) is 11.5 Å². The van der Waals surface area contributed by atoms with Crippen LogP contribution >= 0.6 is 11.6 Å². The van der Waals surface area contributed by atoms with Crippen molar-refractivity contribution in [1.29, 1.82) is 0 Å². The average Bonchev–Trinajstić information content (AvgIpc) is 2.57. The van der Waals surface area contributed by atoms with Gasteiger partial charge >= 0.3 is 6.03 Å². The van der Waals surface area contributed by atoms with Gasteiger partial charge < -0.3 is 20.1 Å². The minimum Gasteiger partial charge on any atom is -0.486 e. The maximum absolute atomic E-state index is 12.1. The van der Waals surface area contributed by atoms with Crippen LogP contribution in [-0.2, 0) is 6.42 Å². The number of hydrogen-bond donors (Lipinski definition) is 2. The van der Waals surface area contributed by atoms with Crippen LogP contribution in [0, 0.1) is 5.92 Å². The number of benzene rings is 1. The second-order valence-corrected chi connectivity index (χ2v) is 7.03. The summed E-state index contributed by atoms with van der Waals surface area (Å²) in [6, 6.07) is 4.01. The smallest absolute Gasteiger partial charge is 0.315 e. The third kappa shape index (κ3) is 4.26. The van der Waals surface area contributed by atoms with E-state index in [-0.39, 0.29) is 6.03 Å². The lowest BCUT2D eigenvalue weighted by molar-refractivity contribution is 0.171. The molecular formula is C18H25ClN2O3. The highest BCUT2D eigenvalue weighted by molar-refractivity contribution is 6.32. The van der Waals surface area contributed by atoms with E-state index in [1.807, 2.05) is 12.1 Å². The minimum absolute atomic E-state index is 0.0857. The molecule has 2 aliphatic rings. The van der Waals surface area contributed by atoms with Gasteiger partial charge in [0.1, 0.15) is 13.2 Å². The van der Waals surface area contributed by atoms with Gasteiger partial charge in [-0.2, -0.15) is 0 Å². The predicted molar refractivity (Wildman–Crippen MR) is 94.1 cm³/mol. The first kappa shape index (κ1) is 17.2. The Labute approximate surface area is 148 Å². The summed E-state index contributed by atoms with van der Waals surface area (Å²) in [4.78, 5) is 12.1. The Morgan fingerprint density at radius 2 is 2.04 bits per heavy atom. The predicted octanol–water partition coefficient (Wildman–Crippen LogP) is 3.53. The lowest BCUT2D eigenvalue weighted by Crippen LogP contribution is -2.46. The highest BCUT2D eigenvalue weighted by Gasteiger charge is 2.22. The van der Waals surface area contributed by atoms with Gasteiger partial charge in [0.05, 0.1) is 5.02 Å². The average molecular weight is 353 g/mol. The molecule has 5 nitrogen and oxygen atoms in total. The van der Waals surface area contributed by atoms with Crippen molar-refractivity contribution in [1.82, 2.24) is 10.6 Å². The molecular weight excluding hydrogens is 328 g/mol. The summed E-state index contributed by atoms with van der Waals surface area (Å²) in [5, 5.41) is 6.59. The number of rotatable bonds is 4. The largest absolute Gasteiger partial charge is 0.486 e. The van der Waals surface area contributed by atoms with Gasteiger partial charge in [-0.05, 0) is 42.9 Å². The number of halogens is 1. The molecule has 3 rings (SSSR count). The third-order valence-corrected chi connectivity index (χ3v) is 5.06. The van der Waals surface area contributed by atoms with E-state index in [1.165, 1.54) is 19.3 Å². The molecule has 0 unspecified atom stereocenters. The number of ether oxygens (including phenoxy) is 2. The molecule has 1 heterocycles. The van der Waals surface area contributed by atoms with E-state index in [0.717, 1.165) is 12.0 Å². The monoisotopic (exact) mass is 352 g/mol. The number of carbonyl (C=O) groups excluding carboxylic acids is 1. The summed E-state index contributed by atoms with van der Waals surface area (Å²) in [5.74, 6) is 1.86. The minimum atomic E-state index is -0.0857. The van der Waals surface area contributed by atoms with E-state index in [2.05, 4.69) is 17.6 Å². The molecule has 1 aliphatic heterocycles. The van der Waals surface area contributed by atoms with Gasteiger partial charge in [-0.3, -0.25) is 0 Å². The quantitative estimate of drug-likeness (QED) is 0.871. The van der Waals surface area contributed by atoms with Crippen LogP contribution in [0.15, 0.2) is 12.1 Å². The summed E-state index contributed by atoms with van der Waals surface area (Å²) in [6.07, 6.45) is 5.44. The number of nitrogens with one attached hydrogen (secondary N) is 2. The zero-order valence-corrected chi connectivity index (χ0v) is 14.8. The molecule has 0 radical (unpaired) electrons. The molecule has 0 bridgehead atoms. The van der Waals surface area contributed by atoms with Crippen LogP contribution in [0.1, 0.15) is 38.2 Å². The highest BCUT2D eigenvalue weighted by Crippen LogP contribution is 2.38. The maximum atomic E-state index is 12.1. The standard InChI is InChI=1S/C18H25ClN2O3/c1-12-4-2-3-5-15(12)21-18(22)20-7-6-13-10-14(19)17-16(11-13)23-8-9-24-17/h10-12,15H,2-9H2,1H3,(H2,20,21,22)/t12-,15-/m1/s1. The Morgan fingerprint density at radius 1 is 1.25 bits per heavy atom. The van der Waals surface area contributed by atoms with Crippen LogP contribution in [0.25, 0.3) is 0 Å². The molecule has 6 heteroatoms. The molecule has 0 aromatic heterocycles. The molecule has 0 saturated heterocycles. The highest BCUT2D eigenvalue weighted by atomic mass is 35.5. The van der Waals surface area contributed by atoms with E-state index in [4.69, 9.17) is 21.1 Å². The molecule has 1 fully saturated rings. The van der Waals surface area contributed by atoms with E-state index in [0.29, 0.717) is 54.7 Å². The van der Waals surface area contributed by atoms with E-state index in [9.17, 15) is 4.79 Å². The SMILES string of the molecule is C[C@@H]1CCCC[C@H]1NC(=O)NCCc1cc(Cl)c2c(c1)OCCO2. The number of carbonyl (C=O) groups is 1. The fraction of sp³-hybridized carbons (Fsp3) is 0.611. The molecule has 1 saturated carbocycles. The lowest BCUT2D eigenvalue weighted by Gasteiger charge is -2.29. The molecule has 1 aromatic carbocycles.